The first kappa shape index (κ1) is 17.2. The number of nitrogens with one attached hydrogen (secondary N) is 3. The number of hydrogen-bond acceptors (Lipinski definition) is 5. The lowest BCUT2D eigenvalue weighted by Crippen LogP contribution is -2.42. The van der Waals surface area contributed by atoms with Gasteiger partial charge in [0, 0.05) is 10.9 Å². The Bertz CT molecular complexity index is 767. The second kappa shape index (κ2) is 7.54. The van der Waals surface area contributed by atoms with E-state index >= 15 is 0 Å². The van der Waals surface area contributed by atoms with Crippen LogP contribution in [0.15, 0.2) is 30.3 Å². The number of piperidine rings is 1. The van der Waals surface area contributed by atoms with Gasteiger partial charge in [0.15, 0.2) is 0 Å². The Hall–Kier alpha value is -2.58. The number of phenols is 1. The molecule has 3 amide bonds. The van der Waals surface area contributed by atoms with Crippen LogP contribution in [0.5, 0.6) is 5.75 Å². The van der Waals surface area contributed by atoms with E-state index in [0.29, 0.717) is 10.6 Å². The van der Waals surface area contributed by atoms with Crippen molar-refractivity contribution in [3.8, 4) is 16.2 Å². The van der Waals surface area contributed by atoms with Crippen LogP contribution in [0.1, 0.15) is 23.2 Å². The first-order chi connectivity index (χ1) is 12.0. The fraction of sp³-hybridized carbons (Fsp3) is 0.294. The van der Waals surface area contributed by atoms with Gasteiger partial charge in [-0.2, -0.15) is 0 Å². The number of anilines is 1. The zero-order chi connectivity index (χ0) is 17.8. The lowest BCUT2D eigenvalue weighted by atomic mass is 10.1. The average Bonchev–Trinajstić information content (AvgIpc) is 2.99. The summed E-state index contributed by atoms with van der Waals surface area (Å²) >= 11 is 1.27. The third-order valence-electron chi connectivity index (χ3n) is 4.04. The van der Waals surface area contributed by atoms with E-state index in [1.54, 1.807) is 30.3 Å². The second-order valence-electron chi connectivity index (χ2n) is 5.89. The normalized spacial score (nSPS) is 14.9. The van der Waals surface area contributed by atoms with Crippen LogP contribution in [0, 0.1) is 0 Å². The molecule has 8 heteroatoms. The summed E-state index contributed by atoms with van der Waals surface area (Å²) in [6.07, 6.45) is 1.75. The summed E-state index contributed by atoms with van der Waals surface area (Å²) in [5, 5.41) is 18.6. The van der Waals surface area contributed by atoms with Crippen LogP contribution in [-0.2, 0) is 0 Å². The quantitative estimate of drug-likeness (QED) is 0.574. The molecule has 7 nitrogen and oxygen atoms in total. The van der Waals surface area contributed by atoms with Crippen molar-refractivity contribution in [3.05, 3.63) is 35.9 Å². The molecule has 0 spiro atoms. The average molecular weight is 360 g/mol. The van der Waals surface area contributed by atoms with Crippen LogP contribution in [0.3, 0.4) is 0 Å². The number of thiophene rings is 1. The maximum atomic E-state index is 12.7. The number of carbonyl (C=O) groups is 2. The molecule has 1 aromatic heterocycles. The van der Waals surface area contributed by atoms with Crippen molar-refractivity contribution in [2.75, 3.05) is 18.4 Å². The molecule has 132 valence electrons. The second-order valence-corrected chi connectivity index (χ2v) is 6.94. The summed E-state index contributed by atoms with van der Waals surface area (Å²) < 4.78 is 0. The number of urea groups is 1. The number of rotatable bonds is 4. The molecule has 3 rings (SSSR count). The fourth-order valence-electron chi connectivity index (χ4n) is 2.76. The molecule has 25 heavy (non-hydrogen) atoms. The molecule has 1 saturated heterocycles. The molecule has 1 aliphatic rings. The minimum absolute atomic E-state index is 0.118. The molecule has 1 aliphatic heterocycles. The number of phenolic OH excluding ortho intramolecular Hbond substituents is 1. The largest absolute Gasteiger partial charge is 0.508 e. The van der Waals surface area contributed by atoms with Crippen LogP contribution in [0.25, 0.3) is 10.4 Å². The Morgan fingerprint density at radius 2 is 1.88 bits per heavy atom. The summed E-state index contributed by atoms with van der Waals surface area (Å²) in [6, 6.07) is 7.80. The van der Waals surface area contributed by atoms with Crippen molar-refractivity contribution in [2.45, 2.75) is 18.9 Å². The van der Waals surface area contributed by atoms with Crippen LogP contribution in [-0.4, -0.2) is 36.2 Å². The predicted octanol–water partition coefficient (Wildman–Crippen LogP) is 2.09. The highest BCUT2D eigenvalue weighted by Crippen LogP contribution is 2.36. The zero-order valence-corrected chi connectivity index (χ0v) is 14.4. The third kappa shape index (κ3) is 4.28. The van der Waals surface area contributed by atoms with E-state index in [1.807, 2.05) is 0 Å². The van der Waals surface area contributed by atoms with Gasteiger partial charge in [-0.3, -0.25) is 10.1 Å². The molecular weight excluding hydrogens is 340 g/mol. The maximum absolute atomic E-state index is 12.7. The molecule has 0 radical (unpaired) electrons. The highest BCUT2D eigenvalue weighted by Gasteiger charge is 2.21. The number of aromatic hydroxyl groups is 1. The molecule has 2 aromatic rings. The molecule has 1 fully saturated rings. The first-order valence-electron chi connectivity index (χ1n) is 8.04. The van der Waals surface area contributed by atoms with Crippen molar-refractivity contribution in [1.29, 1.82) is 0 Å². The highest BCUT2D eigenvalue weighted by molar-refractivity contribution is 7.20. The number of benzene rings is 1. The minimum atomic E-state index is -0.713. The number of carbonyl (C=O) groups excluding carboxylic acids is 2. The van der Waals surface area contributed by atoms with Gasteiger partial charge in [0.25, 0.3) is 5.91 Å². The number of amides is 3. The summed E-state index contributed by atoms with van der Waals surface area (Å²) in [5.74, 6) is -0.0587. The molecule has 2 heterocycles. The molecule has 0 atom stereocenters. The summed E-state index contributed by atoms with van der Waals surface area (Å²) in [6.45, 7) is 1.75. The van der Waals surface area contributed by atoms with Gasteiger partial charge in [-0.1, -0.05) is 0 Å². The van der Waals surface area contributed by atoms with Gasteiger partial charge in [0.2, 0.25) is 0 Å². The van der Waals surface area contributed by atoms with Gasteiger partial charge in [0.05, 0.1) is 5.56 Å². The zero-order valence-electron chi connectivity index (χ0n) is 13.5. The monoisotopic (exact) mass is 360 g/mol. The van der Waals surface area contributed by atoms with E-state index in [-0.39, 0.29) is 17.7 Å². The Balaban J connectivity index is 1.86. The summed E-state index contributed by atoms with van der Waals surface area (Å²) in [4.78, 5) is 24.7. The fourth-order valence-corrected chi connectivity index (χ4v) is 3.83. The van der Waals surface area contributed by atoms with Crippen LogP contribution in [0.2, 0.25) is 0 Å². The van der Waals surface area contributed by atoms with E-state index in [4.69, 9.17) is 5.73 Å². The molecular formula is C17H20N4O3S. The van der Waals surface area contributed by atoms with Crippen molar-refractivity contribution >= 4 is 28.3 Å². The Kier molecular flexibility index (Phi) is 5.20. The SMILES string of the molecule is NC(=O)Nc1sc(-c2ccc(O)cc2)cc1C(=O)NC1CCNCC1. The Labute approximate surface area is 149 Å². The van der Waals surface area contributed by atoms with Crippen LogP contribution >= 0.6 is 11.3 Å². The van der Waals surface area contributed by atoms with E-state index in [2.05, 4.69) is 16.0 Å². The van der Waals surface area contributed by atoms with Gasteiger partial charge in [0.1, 0.15) is 10.8 Å². The third-order valence-corrected chi connectivity index (χ3v) is 5.14. The summed E-state index contributed by atoms with van der Waals surface area (Å²) in [7, 11) is 0. The molecule has 6 N–H and O–H groups in total. The Morgan fingerprint density at radius 3 is 2.52 bits per heavy atom. The topological polar surface area (TPSA) is 116 Å². The minimum Gasteiger partial charge on any atom is -0.508 e. The Morgan fingerprint density at radius 1 is 1.20 bits per heavy atom. The lowest BCUT2D eigenvalue weighted by molar-refractivity contribution is 0.0931. The highest BCUT2D eigenvalue weighted by atomic mass is 32.1. The molecule has 0 aliphatic carbocycles. The number of hydrogen-bond donors (Lipinski definition) is 5. The molecule has 0 saturated carbocycles. The number of primary amides is 1. The van der Waals surface area contributed by atoms with Gasteiger partial charge in [-0.25, -0.2) is 4.79 Å². The van der Waals surface area contributed by atoms with Gasteiger partial charge in [-0.05, 0) is 61.8 Å². The van der Waals surface area contributed by atoms with Gasteiger partial charge >= 0.3 is 6.03 Å². The van der Waals surface area contributed by atoms with Crippen molar-refractivity contribution in [1.82, 2.24) is 10.6 Å². The number of nitrogens with two attached hydrogens (primary N) is 1. The van der Waals surface area contributed by atoms with Crippen molar-refractivity contribution in [3.63, 3.8) is 0 Å². The maximum Gasteiger partial charge on any atom is 0.317 e. The van der Waals surface area contributed by atoms with Gasteiger partial charge in [-0.15, -0.1) is 11.3 Å². The predicted molar refractivity (Wildman–Crippen MR) is 98.0 cm³/mol. The van der Waals surface area contributed by atoms with Gasteiger partial charge < -0.3 is 21.5 Å². The van der Waals surface area contributed by atoms with E-state index in [9.17, 15) is 14.7 Å². The van der Waals surface area contributed by atoms with Crippen molar-refractivity contribution in [2.24, 2.45) is 5.73 Å². The van der Waals surface area contributed by atoms with Crippen molar-refractivity contribution < 1.29 is 14.7 Å². The van der Waals surface area contributed by atoms with E-state index in [0.717, 1.165) is 36.4 Å². The van der Waals surface area contributed by atoms with Crippen LogP contribution < -0.4 is 21.7 Å². The van der Waals surface area contributed by atoms with E-state index in [1.165, 1.54) is 11.3 Å². The standard InChI is InChI=1S/C17H20N4O3S/c18-17(24)21-16-13(15(23)20-11-5-7-19-8-6-11)9-14(25-16)10-1-3-12(22)4-2-10/h1-4,9,11,19,22H,5-8H2,(H,20,23)(H3,18,21,24). The van der Waals surface area contributed by atoms with Crippen LogP contribution in [0.4, 0.5) is 9.80 Å². The smallest absolute Gasteiger partial charge is 0.317 e. The van der Waals surface area contributed by atoms with E-state index < -0.39 is 6.03 Å². The summed E-state index contributed by atoms with van der Waals surface area (Å²) in [5.41, 5.74) is 6.47. The molecule has 1 aromatic carbocycles. The lowest BCUT2D eigenvalue weighted by Gasteiger charge is -2.23. The molecule has 0 bridgehead atoms. The first-order valence-corrected chi connectivity index (χ1v) is 8.86. The molecule has 0 unspecified atom stereocenters.